The van der Waals surface area contributed by atoms with Gasteiger partial charge in [0.05, 0.1) is 17.3 Å². The Bertz CT molecular complexity index is 1590. The lowest BCUT2D eigenvalue weighted by molar-refractivity contribution is -0.113. The highest BCUT2D eigenvalue weighted by Gasteiger charge is 2.19. The number of urea groups is 1. The Hall–Kier alpha value is -4.43. The number of amides is 3. The van der Waals surface area contributed by atoms with E-state index < -0.39 is 16.1 Å². The molecule has 0 fully saturated rings. The van der Waals surface area contributed by atoms with Crippen molar-refractivity contribution in [2.75, 3.05) is 24.2 Å². The van der Waals surface area contributed by atoms with Gasteiger partial charge in [-0.3, -0.25) is 14.3 Å². The number of thioether (sulfide) groups is 1. The molecule has 0 saturated heterocycles. The predicted octanol–water partition coefficient (Wildman–Crippen LogP) is 4.25. The number of sulfonamides is 1. The number of unbranched alkanes of at least 4 members (excludes halogenated alkanes) is 1. The van der Waals surface area contributed by atoms with E-state index in [1.165, 1.54) is 36.0 Å². The van der Waals surface area contributed by atoms with E-state index in [0.717, 1.165) is 29.8 Å². The van der Waals surface area contributed by atoms with E-state index in [-0.39, 0.29) is 16.6 Å². The average Bonchev–Trinajstić information content (AvgIpc) is 3.41. The molecule has 3 N–H and O–H groups in total. The van der Waals surface area contributed by atoms with Gasteiger partial charge in [0.15, 0.2) is 11.0 Å². The minimum Gasteiger partial charge on any atom is -0.494 e. The van der Waals surface area contributed by atoms with Crippen LogP contribution >= 0.6 is 11.8 Å². The number of benzene rings is 2. The smallest absolute Gasteiger partial charge is 0.328 e. The SMILES string of the molecule is CCCCNC(=O)NS(=O)(=O)c1ccc(NC(=O)CSc2nnc(-c3cccnc3)n2-c2ccc(OCC)cc2)cc1. The van der Waals surface area contributed by atoms with Gasteiger partial charge in [-0.25, -0.2) is 17.9 Å². The molecule has 0 atom stereocenters. The molecule has 0 saturated carbocycles. The number of aromatic nitrogens is 4. The van der Waals surface area contributed by atoms with Gasteiger partial charge in [0, 0.05) is 35.9 Å². The van der Waals surface area contributed by atoms with Crippen LogP contribution < -0.4 is 20.1 Å². The van der Waals surface area contributed by atoms with E-state index in [1.54, 1.807) is 12.4 Å². The van der Waals surface area contributed by atoms with Crippen LogP contribution in [0.5, 0.6) is 5.75 Å². The van der Waals surface area contributed by atoms with Crippen LogP contribution in [-0.4, -0.2) is 59.0 Å². The maximum absolute atomic E-state index is 12.8. The third-order valence-electron chi connectivity index (χ3n) is 5.78. The summed E-state index contributed by atoms with van der Waals surface area (Å²) in [4.78, 5) is 28.7. The Kier molecular flexibility index (Phi) is 10.5. The van der Waals surface area contributed by atoms with Gasteiger partial charge in [-0.05, 0) is 74.0 Å². The summed E-state index contributed by atoms with van der Waals surface area (Å²) in [6.45, 7) is 4.80. The number of nitrogens with one attached hydrogen (secondary N) is 3. The third-order valence-corrected chi connectivity index (χ3v) is 8.06. The van der Waals surface area contributed by atoms with Crippen molar-refractivity contribution in [3.8, 4) is 22.8 Å². The van der Waals surface area contributed by atoms with E-state index in [0.29, 0.717) is 29.8 Å². The van der Waals surface area contributed by atoms with Gasteiger partial charge in [0.1, 0.15) is 5.75 Å². The lowest BCUT2D eigenvalue weighted by atomic mass is 10.2. The van der Waals surface area contributed by atoms with E-state index in [4.69, 9.17) is 4.74 Å². The minimum absolute atomic E-state index is 0.0156. The summed E-state index contributed by atoms with van der Waals surface area (Å²) >= 11 is 1.20. The van der Waals surface area contributed by atoms with Gasteiger partial charge in [-0.1, -0.05) is 25.1 Å². The third kappa shape index (κ3) is 8.07. The maximum Gasteiger partial charge on any atom is 0.328 e. The molecule has 0 aliphatic rings. The number of rotatable bonds is 13. The van der Waals surface area contributed by atoms with E-state index in [2.05, 4.69) is 25.8 Å². The molecule has 2 aromatic carbocycles. The molecule has 0 aliphatic carbocycles. The number of nitrogens with zero attached hydrogens (tertiary/aromatic N) is 4. The summed E-state index contributed by atoms with van der Waals surface area (Å²) < 4.78 is 34.3. The molecule has 0 spiro atoms. The number of carbonyl (C=O) groups excluding carboxylic acids is 2. The molecule has 220 valence electrons. The molecule has 14 heteroatoms. The van der Waals surface area contributed by atoms with Crippen LogP contribution in [0.15, 0.2) is 83.1 Å². The van der Waals surface area contributed by atoms with Crippen molar-refractivity contribution < 1.29 is 22.7 Å². The number of ether oxygens (including phenoxy) is 1. The van der Waals surface area contributed by atoms with Crippen molar-refractivity contribution >= 4 is 39.4 Å². The molecule has 0 radical (unpaired) electrons. The number of hydrogen-bond donors (Lipinski definition) is 3. The average molecular weight is 610 g/mol. The summed E-state index contributed by atoms with van der Waals surface area (Å²) in [5.41, 5.74) is 1.95. The highest BCUT2D eigenvalue weighted by molar-refractivity contribution is 7.99. The topological polar surface area (TPSA) is 157 Å². The Labute approximate surface area is 248 Å². The summed E-state index contributed by atoms with van der Waals surface area (Å²) in [5.74, 6) is 0.991. The van der Waals surface area contributed by atoms with Gasteiger partial charge >= 0.3 is 6.03 Å². The second-order valence-corrected chi connectivity index (χ2v) is 11.5. The van der Waals surface area contributed by atoms with Crippen molar-refractivity contribution in [1.29, 1.82) is 0 Å². The first-order chi connectivity index (χ1) is 20.3. The molecular formula is C28H31N7O5S2. The van der Waals surface area contributed by atoms with E-state index in [9.17, 15) is 18.0 Å². The molecule has 0 bridgehead atoms. The van der Waals surface area contributed by atoms with Crippen molar-refractivity contribution in [3.05, 3.63) is 73.1 Å². The molecule has 42 heavy (non-hydrogen) atoms. The predicted molar refractivity (Wildman–Crippen MR) is 160 cm³/mol. The number of hydrogen-bond acceptors (Lipinski definition) is 9. The van der Waals surface area contributed by atoms with Gasteiger partial charge in [-0.2, -0.15) is 0 Å². The van der Waals surface area contributed by atoms with Gasteiger partial charge in [-0.15, -0.1) is 10.2 Å². The second-order valence-electron chi connectivity index (χ2n) is 8.89. The molecular weight excluding hydrogens is 578 g/mol. The molecule has 4 rings (SSSR count). The zero-order valence-corrected chi connectivity index (χ0v) is 24.7. The maximum atomic E-state index is 12.8. The number of anilines is 1. The summed E-state index contributed by atoms with van der Waals surface area (Å²) in [6, 6.07) is 15.9. The normalized spacial score (nSPS) is 11.1. The van der Waals surface area contributed by atoms with E-state index in [1.807, 2.05) is 59.5 Å². The van der Waals surface area contributed by atoms with Crippen molar-refractivity contribution in [1.82, 2.24) is 29.8 Å². The lowest BCUT2D eigenvalue weighted by Crippen LogP contribution is -2.39. The second kappa shape index (κ2) is 14.5. The van der Waals surface area contributed by atoms with Crippen LogP contribution in [0.2, 0.25) is 0 Å². The first kappa shape index (κ1) is 30.5. The Morgan fingerprint density at radius 2 is 1.76 bits per heavy atom. The number of pyridine rings is 1. The van der Waals surface area contributed by atoms with Crippen LogP contribution in [-0.2, 0) is 14.8 Å². The van der Waals surface area contributed by atoms with Crippen molar-refractivity contribution in [2.24, 2.45) is 0 Å². The van der Waals surface area contributed by atoms with Crippen molar-refractivity contribution in [3.63, 3.8) is 0 Å². The van der Waals surface area contributed by atoms with Gasteiger partial charge in [0.2, 0.25) is 5.91 Å². The molecule has 2 heterocycles. The van der Waals surface area contributed by atoms with Crippen molar-refractivity contribution in [2.45, 2.75) is 36.7 Å². The standard InChI is InChI=1S/C28H31N7O5S2/c1-3-5-17-30-27(37)34-42(38,39)24-14-8-21(9-15-24)31-25(36)19-41-28-33-32-26(20-7-6-16-29-18-20)35(28)22-10-12-23(13-11-22)40-4-2/h6-16,18H,3-5,17,19H2,1-2H3,(H,31,36)(H2,30,34,37). The van der Waals surface area contributed by atoms with Crippen LogP contribution in [0.1, 0.15) is 26.7 Å². The molecule has 2 aromatic heterocycles. The molecule has 12 nitrogen and oxygen atoms in total. The fourth-order valence-corrected chi connectivity index (χ4v) is 5.46. The summed E-state index contributed by atoms with van der Waals surface area (Å²) in [6.07, 6.45) is 4.97. The Balaban J connectivity index is 1.43. The Morgan fingerprint density at radius 1 is 1.00 bits per heavy atom. The summed E-state index contributed by atoms with van der Waals surface area (Å²) in [5, 5.41) is 14.4. The Morgan fingerprint density at radius 3 is 2.43 bits per heavy atom. The quantitative estimate of drug-likeness (QED) is 0.149. The van der Waals surface area contributed by atoms with Crippen LogP contribution in [0.4, 0.5) is 10.5 Å². The van der Waals surface area contributed by atoms with Gasteiger partial charge < -0.3 is 15.4 Å². The lowest BCUT2D eigenvalue weighted by Gasteiger charge is -2.12. The zero-order valence-electron chi connectivity index (χ0n) is 23.1. The fraction of sp³-hybridized carbons (Fsp3) is 0.250. The van der Waals surface area contributed by atoms with Gasteiger partial charge in [0.25, 0.3) is 10.0 Å². The highest BCUT2D eigenvalue weighted by atomic mass is 32.2. The summed E-state index contributed by atoms with van der Waals surface area (Å²) in [7, 11) is -4.06. The molecule has 3 amide bonds. The number of carbonyl (C=O) groups is 2. The molecule has 0 aliphatic heterocycles. The fourth-order valence-electron chi connectivity index (χ4n) is 3.78. The monoisotopic (exact) mass is 609 g/mol. The van der Waals surface area contributed by atoms with E-state index >= 15 is 0 Å². The largest absolute Gasteiger partial charge is 0.494 e. The van der Waals surface area contributed by atoms with Crippen LogP contribution in [0, 0.1) is 0 Å². The highest BCUT2D eigenvalue weighted by Crippen LogP contribution is 2.29. The minimum atomic E-state index is -4.06. The molecule has 4 aromatic rings. The zero-order chi connectivity index (χ0) is 30.0. The molecule has 0 unspecified atom stereocenters. The van der Waals surface area contributed by atoms with Crippen LogP contribution in [0.3, 0.4) is 0 Å². The van der Waals surface area contributed by atoms with Crippen LogP contribution in [0.25, 0.3) is 17.1 Å². The first-order valence-electron chi connectivity index (χ1n) is 13.2. The first-order valence-corrected chi connectivity index (χ1v) is 15.7.